The molecule has 1 N–H and O–H groups in total. The second-order valence-corrected chi connectivity index (χ2v) is 6.59. The number of benzene rings is 1. The molecular formula is C19H15N4NaO5. The van der Waals surface area contributed by atoms with Gasteiger partial charge in [-0.25, -0.2) is 0 Å². The van der Waals surface area contributed by atoms with E-state index in [1.165, 1.54) is 6.92 Å². The summed E-state index contributed by atoms with van der Waals surface area (Å²) in [6.45, 7) is 1.05. The number of para-hydroxylation sites is 1. The smallest absolute Gasteiger partial charge is 0.543 e. The largest absolute Gasteiger partial charge is 1.00 e. The van der Waals surface area contributed by atoms with Crippen LogP contribution < -0.4 is 44.7 Å². The van der Waals surface area contributed by atoms with Crippen LogP contribution in [-0.2, 0) is 14.4 Å². The van der Waals surface area contributed by atoms with E-state index in [-0.39, 0.29) is 53.9 Å². The van der Waals surface area contributed by atoms with Gasteiger partial charge in [-0.15, -0.1) is 0 Å². The molecule has 9 nitrogen and oxygen atoms in total. The van der Waals surface area contributed by atoms with Crippen molar-refractivity contribution in [2.75, 3.05) is 6.61 Å². The molecule has 0 radical (unpaired) electrons. The number of nitriles is 2. The number of hydrogen-bond donors (Lipinski definition) is 1. The summed E-state index contributed by atoms with van der Waals surface area (Å²) in [4.78, 5) is 37.0. The number of fused-ring (bicyclic) bond motifs is 1. The predicted octanol–water partition coefficient (Wildman–Crippen LogP) is -3.77. The van der Waals surface area contributed by atoms with Gasteiger partial charge in [0.1, 0.15) is 11.8 Å². The van der Waals surface area contributed by atoms with E-state index in [9.17, 15) is 30.0 Å². The van der Waals surface area contributed by atoms with E-state index in [0.29, 0.717) is 5.75 Å². The first-order chi connectivity index (χ1) is 13.3. The van der Waals surface area contributed by atoms with E-state index in [4.69, 9.17) is 4.74 Å². The van der Waals surface area contributed by atoms with Crippen molar-refractivity contribution in [1.29, 1.82) is 10.5 Å². The standard InChI is InChI=1S/C19H16N4O5.Na/c1-11-7-19(9-20,10-21)16-14(17(25)23(16)15(11)18(26)27)22-13(24)8-28-12-5-3-2-4-6-12;/h2-6,14,16H,7-8H2,1H3,(H,22,24)(H,26,27);/q;+1/p-1/t14-,16-;/m0./s1. The van der Waals surface area contributed by atoms with Crippen molar-refractivity contribution in [3.63, 3.8) is 0 Å². The second kappa shape index (κ2) is 8.66. The minimum Gasteiger partial charge on any atom is -0.543 e. The summed E-state index contributed by atoms with van der Waals surface area (Å²) in [7, 11) is 0. The zero-order chi connectivity index (χ0) is 20.5. The van der Waals surface area contributed by atoms with Gasteiger partial charge in [-0.05, 0) is 24.6 Å². The van der Waals surface area contributed by atoms with Crippen molar-refractivity contribution < 1.29 is 53.8 Å². The molecule has 3 rings (SSSR count). The predicted molar refractivity (Wildman–Crippen MR) is 90.5 cm³/mol. The van der Waals surface area contributed by atoms with Gasteiger partial charge in [-0.2, -0.15) is 10.5 Å². The van der Waals surface area contributed by atoms with Crippen LogP contribution in [0.4, 0.5) is 0 Å². The number of amides is 2. The summed E-state index contributed by atoms with van der Waals surface area (Å²) < 4.78 is 5.31. The van der Waals surface area contributed by atoms with Crippen LogP contribution in [0.5, 0.6) is 5.75 Å². The van der Waals surface area contributed by atoms with Crippen LogP contribution >= 0.6 is 0 Å². The van der Waals surface area contributed by atoms with Gasteiger partial charge < -0.3 is 24.9 Å². The molecular weight excluding hydrogens is 387 g/mol. The van der Waals surface area contributed by atoms with Crippen LogP contribution in [0.25, 0.3) is 0 Å². The molecule has 1 aromatic carbocycles. The maximum atomic E-state index is 12.5. The Hall–Kier alpha value is -2.85. The van der Waals surface area contributed by atoms with Crippen LogP contribution in [0.15, 0.2) is 41.6 Å². The normalized spacial score (nSPS) is 21.5. The van der Waals surface area contributed by atoms with E-state index < -0.39 is 35.3 Å². The number of carbonyl (C=O) groups is 3. The van der Waals surface area contributed by atoms with E-state index >= 15 is 0 Å². The van der Waals surface area contributed by atoms with E-state index in [0.717, 1.165) is 4.90 Å². The molecule has 1 fully saturated rings. The van der Waals surface area contributed by atoms with Gasteiger partial charge >= 0.3 is 29.6 Å². The first kappa shape index (κ1) is 22.4. The molecule has 10 heteroatoms. The fourth-order valence-electron chi connectivity index (χ4n) is 3.59. The molecule has 0 aromatic heterocycles. The molecule has 0 spiro atoms. The molecule has 29 heavy (non-hydrogen) atoms. The van der Waals surface area contributed by atoms with Crippen molar-refractivity contribution in [3.8, 4) is 17.9 Å². The number of carboxylic acids is 1. The molecule has 2 atom stereocenters. The van der Waals surface area contributed by atoms with Crippen molar-refractivity contribution >= 4 is 17.8 Å². The van der Waals surface area contributed by atoms with Crippen LogP contribution in [-0.4, -0.2) is 41.4 Å². The summed E-state index contributed by atoms with van der Waals surface area (Å²) >= 11 is 0. The summed E-state index contributed by atoms with van der Waals surface area (Å²) in [5.41, 5.74) is -1.83. The Labute approximate surface area is 188 Å². The zero-order valence-corrected chi connectivity index (χ0v) is 17.8. The number of allylic oxidation sites excluding steroid dienone is 1. The first-order valence-corrected chi connectivity index (χ1v) is 8.38. The summed E-state index contributed by atoms with van der Waals surface area (Å²) in [6.07, 6.45) is -0.162. The average Bonchev–Trinajstić information content (AvgIpc) is 2.70. The van der Waals surface area contributed by atoms with Gasteiger partial charge in [0.2, 0.25) is 0 Å². The molecule has 1 saturated heterocycles. The quantitative estimate of drug-likeness (QED) is 0.393. The van der Waals surface area contributed by atoms with Gasteiger partial charge in [0.25, 0.3) is 11.8 Å². The van der Waals surface area contributed by atoms with Crippen molar-refractivity contribution in [2.24, 2.45) is 5.41 Å². The minimum absolute atomic E-state index is 0. The molecule has 2 aliphatic heterocycles. The molecule has 2 amide bonds. The number of nitrogens with one attached hydrogen (secondary N) is 1. The number of rotatable bonds is 5. The van der Waals surface area contributed by atoms with Gasteiger partial charge in [0.15, 0.2) is 12.0 Å². The van der Waals surface area contributed by atoms with Gasteiger partial charge in [0, 0.05) is 6.42 Å². The molecule has 0 saturated carbocycles. The molecule has 2 aliphatic rings. The Morgan fingerprint density at radius 2 is 1.93 bits per heavy atom. The van der Waals surface area contributed by atoms with Gasteiger partial charge in [-0.1, -0.05) is 18.2 Å². The van der Waals surface area contributed by atoms with Crippen LogP contribution in [0.3, 0.4) is 0 Å². The number of β-lactam (4-membered cyclic amide) rings is 1. The number of aliphatic carboxylic acids is 1. The van der Waals surface area contributed by atoms with E-state index in [1.54, 1.807) is 30.3 Å². The number of carboxylic acid groups (broad SMARTS) is 1. The maximum Gasteiger partial charge on any atom is 1.00 e. The first-order valence-electron chi connectivity index (χ1n) is 8.38. The van der Waals surface area contributed by atoms with Gasteiger partial charge in [-0.3, -0.25) is 9.59 Å². The molecule has 0 bridgehead atoms. The Bertz CT molecular complexity index is 949. The minimum atomic E-state index is -1.67. The molecule has 0 aliphatic carbocycles. The number of ether oxygens (including phenoxy) is 1. The topological polar surface area (TPSA) is 146 Å². The SMILES string of the molecule is CC1=C(C(=O)[O-])N2C(=O)[C@@H](NC(=O)COc3ccccc3)[C@H]2C(C#N)(C#N)C1.[Na+]. The van der Waals surface area contributed by atoms with Gasteiger partial charge in [0.05, 0.1) is 29.8 Å². The van der Waals surface area contributed by atoms with Crippen LogP contribution in [0, 0.1) is 28.1 Å². The maximum absolute atomic E-state index is 12.5. The van der Waals surface area contributed by atoms with Crippen molar-refractivity contribution in [3.05, 3.63) is 41.6 Å². The monoisotopic (exact) mass is 402 g/mol. The molecule has 1 aromatic rings. The number of carbonyl (C=O) groups excluding carboxylic acids is 3. The van der Waals surface area contributed by atoms with Crippen molar-refractivity contribution in [2.45, 2.75) is 25.4 Å². The molecule has 142 valence electrons. The Morgan fingerprint density at radius 3 is 2.48 bits per heavy atom. The Morgan fingerprint density at radius 1 is 1.31 bits per heavy atom. The number of nitrogens with zero attached hydrogens (tertiary/aromatic N) is 3. The van der Waals surface area contributed by atoms with E-state index in [1.807, 2.05) is 12.1 Å². The van der Waals surface area contributed by atoms with Crippen molar-refractivity contribution in [1.82, 2.24) is 10.2 Å². The molecule has 2 heterocycles. The summed E-state index contributed by atoms with van der Waals surface area (Å²) in [5.74, 6) is -2.46. The zero-order valence-electron chi connectivity index (χ0n) is 15.8. The van der Waals surface area contributed by atoms with Crippen LogP contribution in [0.2, 0.25) is 0 Å². The average molecular weight is 402 g/mol. The fraction of sp³-hybridized carbons (Fsp3) is 0.316. The molecule has 0 unspecified atom stereocenters. The van der Waals surface area contributed by atoms with E-state index in [2.05, 4.69) is 5.32 Å². The third kappa shape index (κ3) is 3.85. The number of hydrogen-bond acceptors (Lipinski definition) is 7. The summed E-state index contributed by atoms with van der Waals surface area (Å²) in [6, 6.07) is 10.00. The third-order valence-corrected chi connectivity index (χ3v) is 4.81. The summed E-state index contributed by atoms with van der Waals surface area (Å²) in [5, 5.41) is 33.0. The van der Waals surface area contributed by atoms with Crippen LogP contribution in [0.1, 0.15) is 13.3 Å². The Balaban J connectivity index is 0.00000300. The fourth-order valence-corrected chi connectivity index (χ4v) is 3.59. The third-order valence-electron chi connectivity index (χ3n) is 4.81. The Kier molecular flexibility index (Phi) is 6.70. The second-order valence-electron chi connectivity index (χ2n) is 6.59.